The molecule has 110 valence electrons. The molecule has 0 aliphatic rings. The molecule has 1 aromatic carbocycles. The first-order valence-corrected chi connectivity index (χ1v) is 6.69. The van der Waals surface area contributed by atoms with Crippen molar-refractivity contribution in [1.29, 1.82) is 0 Å². The predicted octanol–water partition coefficient (Wildman–Crippen LogP) is 4.16. The largest absolute Gasteiger partial charge is 0.323 e. The first-order chi connectivity index (χ1) is 9.86. The molecule has 21 heavy (non-hydrogen) atoms. The van der Waals surface area contributed by atoms with Crippen molar-refractivity contribution in [3.8, 4) is 0 Å². The van der Waals surface area contributed by atoms with Gasteiger partial charge < -0.3 is 5.32 Å². The van der Waals surface area contributed by atoms with E-state index in [2.05, 4.69) is 10.3 Å². The summed E-state index contributed by atoms with van der Waals surface area (Å²) in [5.41, 5.74) is 0.705. The summed E-state index contributed by atoms with van der Waals surface area (Å²) in [6.45, 7) is 1.71. The first kappa shape index (κ1) is 15.7. The lowest BCUT2D eigenvalue weighted by molar-refractivity contribution is -0.115. The summed E-state index contributed by atoms with van der Waals surface area (Å²) in [4.78, 5) is 15.9. The molecule has 1 N–H and O–H groups in total. The van der Waals surface area contributed by atoms with Gasteiger partial charge in [-0.2, -0.15) is 0 Å². The van der Waals surface area contributed by atoms with Crippen molar-refractivity contribution in [3.63, 3.8) is 0 Å². The van der Waals surface area contributed by atoms with Crippen LogP contribution in [-0.2, 0) is 11.2 Å². The van der Waals surface area contributed by atoms with E-state index < -0.39 is 17.5 Å². The number of aromatic nitrogens is 1. The quantitative estimate of drug-likeness (QED) is 0.859. The number of hydrogen-bond acceptors (Lipinski definition) is 2. The van der Waals surface area contributed by atoms with E-state index in [0.717, 1.165) is 18.2 Å². The SMILES string of the molecule is Cc1cc(Cl)c(CC(=O)Nc2cc(F)ccc2F)c(Cl)n1. The van der Waals surface area contributed by atoms with Crippen LogP contribution in [0, 0.1) is 18.6 Å². The smallest absolute Gasteiger partial charge is 0.229 e. The molecular formula is C14H10Cl2F2N2O. The fourth-order valence-electron chi connectivity index (χ4n) is 1.73. The molecule has 0 aliphatic carbocycles. The van der Waals surface area contributed by atoms with Gasteiger partial charge in [-0.05, 0) is 25.1 Å². The molecule has 0 unspecified atom stereocenters. The first-order valence-electron chi connectivity index (χ1n) is 5.93. The second-order valence-corrected chi connectivity index (χ2v) is 5.13. The number of halogens is 4. The van der Waals surface area contributed by atoms with Crippen LogP contribution in [0.4, 0.5) is 14.5 Å². The van der Waals surface area contributed by atoms with Crippen molar-refractivity contribution in [2.45, 2.75) is 13.3 Å². The molecule has 2 rings (SSSR count). The lowest BCUT2D eigenvalue weighted by atomic mass is 10.2. The Hall–Kier alpha value is -1.72. The van der Waals surface area contributed by atoms with Crippen molar-refractivity contribution < 1.29 is 13.6 Å². The average Bonchev–Trinajstić information content (AvgIpc) is 2.38. The lowest BCUT2D eigenvalue weighted by Crippen LogP contribution is -2.16. The van der Waals surface area contributed by atoms with Crippen molar-refractivity contribution in [2.75, 3.05) is 5.32 Å². The summed E-state index contributed by atoms with van der Waals surface area (Å²) in [6, 6.07) is 4.35. The number of aryl methyl sites for hydroxylation is 1. The second kappa shape index (κ2) is 6.37. The van der Waals surface area contributed by atoms with Crippen LogP contribution >= 0.6 is 23.2 Å². The van der Waals surface area contributed by atoms with Gasteiger partial charge in [0, 0.05) is 22.3 Å². The highest BCUT2D eigenvalue weighted by Crippen LogP contribution is 2.25. The van der Waals surface area contributed by atoms with E-state index >= 15 is 0 Å². The highest BCUT2D eigenvalue weighted by Gasteiger charge is 2.14. The van der Waals surface area contributed by atoms with E-state index in [0.29, 0.717) is 16.3 Å². The van der Waals surface area contributed by atoms with Gasteiger partial charge in [-0.15, -0.1) is 0 Å². The van der Waals surface area contributed by atoms with Crippen LogP contribution < -0.4 is 5.32 Å². The van der Waals surface area contributed by atoms with Gasteiger partial charge in [-0.1, -0.05) is 23.2 Å². The van der Waals surface area contributed by atoms with E-state index in [1.165, 1.54) is 0 Å². The van der Waals surface area contributed by atoms with E-state index in [4.69, 9.17) is 23.2 Å². The molecule has 0 bridgehead atoms. The topological polar surface area (TPSA) is 42.0 Å². The van der Waals surface area contributed by atoms with Crippen LogP contribution in [0.1, 0.15) is 11.3 Å². The van der Waals surface area contributed by atoms with Crippen LogP contribution in [0.15, 0.2) is 24.3 Å². The molecule has 0 saturated carbocycles. The van der Waals surface area contributed by atoms with Gasteiger partial charge in [-0.3, -0.25) is 4.79 Å². The highest BCUT2D eigenvalue weighted by molar-refractivity contribution is 6.35. The summed E-state index contributed by atoms with van der Waals surface area (Å²) in [7, 11) is 0. The van der Waals surface area contributed by atoms with Gasteiger partial charge in [0.1, 0.15) is 16.8 Å². The minimum Gasteiger partial charge on any atom is -0.323 e. The molecule has 1 amide bonds. The van der Waals surface area contributed by atoms with E-state index in [-0.39, 0.29) is 17.3 Å². The number of benzene rings is 1. The molecule has 0 spiro atoms. The fraction of sp³-hybridized carbons (Fsp3) is 0.143. The maximum atomic E-state index is 13.4. The molecule has 0 radical (unpaired) electrons. The third-order valence-corrected chi connectivity index (χ3v) is 3.34. The van der Waals surface area contributed by atoms with Crippen molar-refractivity contribution in [2.24, 2.45) is 0 Å². The molecule has 0 saturated heterocycles. The third kappa shape index (κ3) is 3.89. The zero-order chi connectivity index (χ0) is 15.6. The Morgan fingerprint density at radius 3 is 2.67 bits per heavy atom. The standard InChI is InChI=1S/C14H10Cl2F2N2O/c1-7-4-10(15)9(14(16)19-7)6-13(21)20-12-5-8(17)2-3-11(12)18/h2-5H,6H2,1H3,(H,20,21). The molecule has 3 nitrogen and oxygen atoms in total. The Kier molecular flexibility index (Phi) is 4.75. The Bertz CT molecular complexity index is 684. The second-order valence-electron chi connectivity index (χ2n) is 4.36. The minimum absolute atomic E-state index is 0.106. The molecule has 1 aromatic heterocycles. The number of hydrogen-bond donors (Lipinski definition) is 1. The maximum Gasteiger partial charge on any atom is 0.229 e. The molecule has 2 aromatic rings. The number of carbonyl (C=O) groups is 1. The number of nitrogens with zero attached hydrogens (tertiary/aromatic N) is 1. The van der Waals surface area contributed by atoms with Crippen LogP contribution in [0.25, 0.3) is 0 Å². The van der Waals surface area contributed by atoms with Crippen LogP contribution in [0.5, 0.6) is 0 Å². The average molecular weight is 331 g/mol. The van der Waals surface area contributed by atoms with Crippen LogP contribution in [-0.4, -0.2) is 10.9 Å². The van der Waals surface area contributed by atoms with Gasteiger partial charge >= 0.3 is 0 Å². The molecule has 0 atom stereocenters. The van der Waals surface area contributed by atoms with Gasteiger partial charge in [-0.25, -0.2) is 13.8 Å². The van der Waals surface area contributed by atoms with Crippen LogP contribution in [0.3, 0.4) is 0 Å². The Morgan fingerprint density at radius 1 is 1.29 bits per heavy atom. The van der Waals surface area contributed by atoms with Gasteiger partial charge in [0.2, 0.25) is 5.91 Å². The van der Waals surface area contributed by atoms with Crippen molar-refractivity contribution >= 4 is 34.8 Å². The lowest BCUT2D eigenvalue weighted by Gasteiger charge is -2.09. The maximum absolute atomic E-state index is 13.4. The number of nitrogens with one attached hydrogen (secondary N) is 1. The predicted molar refractivity (Wildman–Crippen MR) is 77.7 cm³/mol. The summed E-state index contributed by atoms with van der Waals surface area (Å²) in [5, 5.41) is 2.67. The number of amides is 1. The zero-order valence-electron chi connectivity index (χ0n) is 10.9. The molecule has 0 fully saturated rings. The van der Waals surface area contributed by atoms with Gasteiger partial charge in [0.15, 0.2) is 0 Å². The molecular weight excluding hydrogens is 321 g/mol. The summed E-state index contributed by atoms with van der Waals surface area (Å²) in [6.07, 6.45) is -0.194. The summed E-state index contributed by atoms with van der Waals surface area (Å²) in [5.74, 6) is -1.96. The third-order valence-electron chi connectivity index (χ3n) is 2.69. The monoisotopic (exact) mass is 330 g/mol. The number of rotatable bonds is 3. The zero-order valence-corrected chi connectivity index (χ0v) is 12.4. The summed E-state index contributed by atoms with van der Waals surface area (Å²) < 4.78 is 26.5. The van der Waals surface area contributed by atoms with E-state index in [9.17, 15) is 13.6 Å². The van der Waals surface area contributed by atoms with Crippen molar-refractivity contribution in [3.05, 3.63) is 57.3 Å². The summed E-state index contributed by atoms with van der Waals surface area (Å²) >= 11 is 11.9. The molecule has 7 heteroatoms. The van der Waals surface area contributed by atoms with E-state index in [1.807, 2.05) is 0 Å². The Balaban J connectivity index is 2.17. The highest BCUT2D eigenvalue weighted by atomic mass is 35.5. The number of pyridine rings is 1. The minimum atomic E-state index is -0.732. The number of carbonyl (C=O) groups excluding carboxylic acids is 1. The van der Waals surface area contributed by atoms with Crippen LogP contribution in [0.2, 0.25) is 10.2 Å². The van der Waals surface area contributed by atoms with Gasteiger partial charge in [0.05, 0.1) is 12.1 Å². The Labute approximate surface area is 129 Å². The molecule has 1 heterocycles. The fourth-order valence-corrected chi connectivity index (χ4v) is 2.39. The number of anilines is 1. The van der Waals surface area contributed by atoms with Crippen molar-refractivity contribution in [1.82, 2.24) is 4.98 Å². The normalized spacial score (nSPS) is 10.5. The Morgan fingerprint density at radius 2 is 2.00 bits per heavy atom. The van der Waals surface area contributed by atoms with Gasteiger partial charge in [0.25, 0.3) is 0 Å². The molecule has 0 aliphatic heterocycles. The van der Waals surface area contributed by atoms with E-state index in [1.54, 1.807) is 13.0 Å².